The van der Waals surface area contributed by atoms with Crippen LogP contribution in [-0.2, 0) is 5.41 Å². The zero-order valence-electron chi connectivity index (χ0n) is 9.26. The Hall–Kier alpha value is -1.18. The monoisotopic (exact) mass is 193 g/mol. The summed E-state index contributed by atoms with van der Waals surface area (Å²) in [6, 6.07) is 5.88. The summed E-state index contributed by atoms with van der Waals surface area (Å²) in [5, 5.41) is 0. The largest absolute Gasteiger partial charge is 0.493 e. The summed E-state index contributed by atoms with van der Waals surface area (Å²) in [7, 11) is 3.27. The Bertz CT molecular complexity index is 311. The molecule has 14 heavy (non-hydrogen) atoms. The van der Waals surface area contributed by atoms with Crippen LogP contribution in [-0.4, -0.2) is 14.2 Å². The van der Waals surface area contributed by atoms with Crippen LogP contribution in [0.15, 0.2) is 18.2 Å². The van der Waals surface area contributed by atoms with Crippen molar-refractivity contribution in [3.63, 3.8) is 0 Å². The predicted octanol–water partition coefficient (Wildman–Crippen LogP) is 2.82. The van der Waals surface area contributed by atoms with Crippen LogP contribution in [0.4, 0.5) is 0 Å². The molecule has 0 heterocycles. The number of hydrogen-bond acceptors (Lipinski definition) is 2. The summed E-state index contributed by atoms with van der Waals surface area (Å²) in [4.78, 5) is 0. The van der Waals surface area contributed by atoms with Gasteiger partial charge in [-0.25, -0.2) is 0 Å². The normalized spacial score (nSPS) is 11.2. The van der Waals surface area contributed by atoms with Gasteiger partial charge in [0, 0.05) is 0 Å². The lowest BCUT2D eigenvalue weighted by Crippen LogP contribution is -2.11. The molecule has 77 valence electrons. The first-order chi connectivity index (χ1) is 6.49. The van der Waals surface area contributed by atoms with E-state index in [1.165, 1.54) is 0 Å². The maximum absolute atomic E-state index is 5.22. The van der Waals surface area contributed by atoms with Gasteiger partial charge in [-0.05, 0) is 30.0 Å². The van der Waals surface area contributed by atoms with Gasteiger partial charge < -0.3 is 9.47 Å². The topological polar surface area (TPSA) is 18.5 Å². The third-order valence-corrected chi connectivity index (χ3v) is 2.17. The molecule has 0 atom stereocenters. The van der Waals surface area contributed by atoms with Crippen LogP contribution < -0.4 is 9.47 Å². The van der Waals surface area contributed by atoms with Crippen molar-refractivity contribution in [2.24, 2.45) is 0 Å². The highest BCUT2D eigenvalue weighted by atomic mass is 16.5. The standard InChI is InChI=1S/C12H17O2/c1-12(2,3)9-6-7-10(13-4)11(8-9)14-5/h6-8H,1H2,2-5H3. The molecule has 0 fully saturated rings. The lowest BCUT2D eigenvalue weighted by Gasteiger charge is -2.20. The Balaban J connectivity index is 3.14. The average Bonchev–Trinajstić information content (AvgIpc) is 2.15. The molecule has 1 aromatic carbocycles. The van der Waals surface area contributed by atoms with E-state index in [1.54, 1.807) is 14.2 Å². The smallest absolute Gasteiger partial charge is 0.161 e. The average molecular weight is 193 g/mol. The van der Waals surface area contributed by atoms with E-state index in [9.17, 15) is 0 Å². The summed E-state index contributed by atoms with van der Waals surface area (Å²) in [6.45, 7) is 8.20. The Morgan fingerprint density at radius 3 is 2.07 bits per heavy atom. The van der Waals surface area contributed by atoms with Gasteiger partial charge in [-0.3, -0.25) is 0 Å². The minimum absolute atomic E-state index is 0.112. The van der Waals surface area contributed by atoms with Gasteiger partial charge in [0.15, 0.2) is 11.5 Å². The van der Waals surface area contributed by atoms with E-state index in [0.717, 1.165) is 17.1 Å². The zero-order valence-corrected chi connectivity index (χ0v) is 9.26. The van der Waals surface area contributed by atoms with Crippen molar-refractivity contribution in [2.45, 2.75) is 19.3 Å². The van der Waals surface area contributed by atoms with Gasteiger partial charge in [-0.15, -0.1) is 0 Å². The molecule has 2 heteroatoms. The minimum atomic E-state index is -0.112. The van der Waals surface area contributed by atoms with Gasteiger partial charge in [0.1, 0.15) is 0 Å². The SMILES string of the molecule is [CH2]C(C)(C)c1ccc(OC)c(OC)c1. The molecule has 0 amide bonds. The van der Waals surface area contributed by atoms with Crippen molar-refractivity contribution in [1.82, 2.24) is 0 Å². The predicted molar refractivity (Wildman–Crippen MR) is 57.9 cm³/mol. The van der Waals surface area contributed by atoms with Crippen LogP contribution in [0.2, 0.25) is 0 Å². The van der Waals surface area contributed by atoms with Crippen LogP contribution >= 0.6 is 0 Å². The number of hydrogen-bond donors (Lipinski definition) is 0. The molecule has 0 aromatic heterocycles. The quantitative estimate of drug-likeness (QED) is 0.735. The van der Waals surface area contributed by atoms with Crippen molar-refractivity contribution in [3.8, 4) is 11.5 Å². The van der Waals surface area contributed by atoms with Gasteiger partial charge in [-0.2, -0.15) is 0 Å². The molecule has 0 aliphatic rings. The van der Waals surface area contributed by atoms with Crippen LogP contribution in [0.25, 0.3) is 0 Å². The summed E-state index contributed by atoms with van der Waals surface area (Å²) in [5.74, 6) is 1.50. The van der Waals surface area contributed by atoms with Crippen molar-refractivity contribution in [3.05, 3.63) is 30.7 Å². The fraction of sp³-hybridized carbons (Fsp3) is 0.417. The second-order valence-corrected chi connectivity index (χ2v) is 3.95. The van der Waals surface area contributed by atoms with E-state index in [-0.39, 0.29) is 5.41 Å². The molecule has 0 saturated carbocycles. The molecule has 0 bridgehead atoms. The van der Waals surface area contributed by atoms with E-state index < -0.39 is 0 Å². The molecular weight excluding hydrogens is 176 g/mol. The van der Waals surface area contributed by atoms with Crippen molar-refractivity contribution < 1.29 is 9.47 Å². The van der Waals surface area contributed by atoms with E-state index in [0.29, 0.717) is 0 Å². The van der Waals surface area contributed by atoms with Crippen LogP contribution in [0.3, 0.4) is 0 Å². The van der Waals surface area contributed by atoms with E-state index >= 15 is 0 Å². The molecule has 1 radical (unpaired) electrons. The molecule has 1 rings (SSSR count). The highest BCUT2D eigenvalue weighted by molar-refractivity contribution is 5.45. The van der Waals surface area contributed by atoms with Crippen molar-refractivity contribution in [2.75, 3.05) is 14.2 Å². The van der Waals surface area contributed by atoms with Crippen molar-refractivity contribution in [1.29, 1.82) is 0 Å². The third-order valence-electron chi connectivity index (χ3n) is 2.17. The number of ether oxygens (including phenoxy) is 2. The molecule has 0 aliphatic heterocycles. The Labute approximate surface area is 85.8 Å². The second kappa shape index (κ2) is 3.91. The Kier molecular flexibility index (Phi) is 3.04. The van der Waals surface area contributed by atoms with Crippen LogP contribution in [0.5, 0.6) is 11.5 Å². The molecule has 0 unspecified atom stereocenters. The lowest BCUT2D eigenvalue weighted by atomic mass is 9.87. The Morgan fingerprint density at radius 1 is 1.07 bits per heavy atom. The molecule has 0 spiro atoms. The number of rotatable bonds is 3. The zero-order chi connectivity index (χ0) is 10.8. The lowest BCUT2D eigenvalue weighted by molar-refractivity contribution is 0.354. The fourth-order valence-corrected chi connectivity index (χ4v) is 1.26. The van der Waals surface area contributed by atoms with E-state index in [1.807, 2.05) is 18.2 Å². The second-order valence-electron chi connectivity index (χ2n) is 3.95. The van der Waals surface area contributed by atoms with Crippen LogP contribution in [0.1, 0.15) is 19.4 Å². The molecular formula is C12H17O2. The first kappa shape index (κ1) is 10.9. The minimum Gasteiger partial charge on any atom is -0.493 e. The molecule has 0 saturated heterocycles. The maximum atomic E-state index is 5.22. The first-order valence-corrected chi connectivity index (χ1v) is 4.57. The number of methoxy groups -OCH3 is 2. The molecule has 1 aromatic rings. The van der Waals surface area contributed by atoms with Crippen molar-refractivity contribution >= 4 is 0 Å². The fourth-order valence-electron chi connectivity index (χ4n) is 1.26. The third kappa shape index (κ3) is 2.19. The van der Waals surface area contributed by atoms with E-state index in [4.69, 9.17) is 9.47 Å². The summed E-state index contributed by atoms with van der Waals surface area (Å²) in [5.41, 5.74) is 1.02. The highest BCUT2D eigenvalue weighted by Crippen LogP contribution is 2.32. The molecule has 0 N–H and O–H groups in total. The number of benzene rings is 1. The molecule has 2 nitrogen and oxygen atoms in total. The van der Waals surface area contributed by atoms with Gasteiger partial charge in [0.25, 0.3) is 0 Å². The van der Waals surface area contributed by atoms with E-state index in [2.05, 4.69) is 20.8 Å². The highest BCUT2D eigenvalue weighted by Gasteiger charge is 2.16. The Morgan fingerprint density at radius 2 is 1.64 bits per heavy atom. The van der Waals surface area contributed by atoms with Gasteiger partial charge in [0.05, 0.1) is 14.2 Å². The van der Waals surface area contributed by atoms with Gasteiger partial charge >= 0.3 is 0 Å². The summed E-state index contributed by atoms with van der Waals surface area (Å²) < 4.78 is 10.4. The maximum Gasteiger partial charge on any atom is 0.161 e. The van der Waals surface area contributed by atoms with Gasteiger partial charge in [0.2, 0.25) is 0 Å². The van der Waals surface area contributed by atoms with Crippen LogP contribution in [0, 0.1) is 6.92 Å². The molecule has 0 aliphatic carbocycles. The summed E-state index contributed by atoms with van der Waals surface area (Å²) in [6.07, 6.45) is 0. The summed E-state index contributed by atoms with van der Waals surface area (Å²) >= 11 is 0. The van der Waals surface area contributed by atoms with Gasteiger partial charge in [-0.1, -0.05) is 19.9 Å². The first-order valence-electron chi connectivity index (χ1n) is 4.57.